The molecule has 2 aromatic rings. The molecule has 0 spiro atoms. The van der Waals surface area contributed by atoms with Crippen LogP contribution in [0, 0.1) is 31.1 Å². The molecule has 1 aromatic carbocycles. The molecular weight excluding hydrogens is 416 g/mol. The van der Waals surface area contributed by atoms with Gasteiger partial charge in [0.1, 0.15) is 5.82 Å². The van der Waals surface area contributed by atoms with E-state index in [0.29, 0.717) is 41.5 Å². The van der Waals surface area contributed by atoms with Crippen molar-refractivity contribution in [2.75, 3.05) is 25.0 Å². The molecule has 1 saturated heterocycles. The van der Waals surface area contributed by atoms with Gasteiger partial charge in [-0.2, -0.15) is 5.26 Å². The summed E-state index contributed by atoms with van der Waals surface area (Å²) in [5.74, 6) is 1.16. The fraction of sp³-hybridized carbons (Fsp3) is 0.480. The largest absolute Gasteiger partial charge is 0.337 e. The van der Waals surface area contributed by atoms with Crippen LogP contribution < -0.4 is 5.32 Å². The van der Waals surface area contributed by atoms with Crippen LogP contribution in [-0.4, -0.2) is 57.3 Å². The quantitative estimate of drug-likeness (QED) is 0.732. The van der Waals surface area contributed by atoms with Crippen molar-refractivity contribution in [1.82, 2.24) is 19.8 Å². The van der Waals surface area contributed by atoms with Crippen molar-refractivity contribution in [2.24, 2.45) is 5.92 Å². The van der Waals surface area contributed by atoms with Crippen molar-refractivity contribution in [3.05, 3.63) is 52.6 Å². The van der Waals surface area contributed by atoms with Gasteiger partial charge in [-0.25, -0.2) is 9.97 Å². The number of nitrogens with zero attached hydrogens (tertiary/aromatic N) is 5. The maximum atomic E-state index is 12.7. The van der Waals surface area contributed by atoms with Crippen LogP contribution >= 0.6 is 0 Å². The first-order chi connectivity index (χ1) is 15.8. The Morgan fingerprint density at radius 1 is 1.18 bits per heavy atom. The zero-order valence-corrected chi connectivity index (χ0v) is 19.5. The first-order valence-electron chi connectivity index (χ1n) is 11.5. The number of aromatic nitrogens is 2. The average Bonchev–Trinajstić information content (AvgIpc) is 3.60. The second kappa shape index (κ2) is 9.67. The molecule has 8 heteroatoms. The van der Waals surface area contributed by atoms with Crippen molar-refractivity contribution < 1.29 is 9.59 Å². The predicted molar refractivity (Wildman–Crippen MR) is 124 cm³/mol. The van der Waals surface area contributed by atoms with Gasteiger partial charge >= 0.3 is 0 Å². The molecule has 1 atom stereocenters. The van der Waals surface area contributed by atoms with E-state index in [1.54, 1.807) is 13.0 Å². The zero-order valence-electron chi connectivity index (χ0n) is 19.5. The number of hydrogen-bond acceptors (Lipinski definition) is 6. The monoisotopic (exact) mass is 446 g/mol. The third-order valence-electron chi connectivity index (χ3n) is 6.52. The second-order valence-electron chi connectivity index (χ2n) is 9.21. The fourth-order valence-corrected chi connectivity index (χ4v) is 4.31. The van der Waals surface area contributed by atoms with Crippen LogP contribution in [0.2, 0.25) is 0 Å². The first kappa shape index (κ1) is 22.9. The van der Waals surface area contributed by atoms with Crippen LogP contribution in [0.3, 0.4) is 0 Å². The predicted octanol–water partition coefficient (Wildman–Crippen LogP) is 3.05. The molecule has 1 aliphatic carbocycles. The summed E-state index contributed by atoms with van der Waals surface area (Å²) >= 11 is 0. The second-order valence-corrected chi connectivity index (χ2v) is 9.21. The summed E-state index contributed by atoms with van der Waals surface area (Å²) in [7, 11) is 0. The molecule has 33 heavy (non-hydrogen) atoms. The number of carbonyl (C=O) groups excluding carboxylic acids is 2. The Bertz CT molecular complexity index is 1090. The van der Waals surface area contributed by atoms with Crippen molar-refractivity contribution in [1.29, 1.82) is 5.26 Å². The van der Waals surface area contributed by atoms with E-state index in [1.165, 1.54) is 25.2 Å². The summed E-state index contributed by atoms with van der Waals surface area (Å²) in [6, 6.07) is 5.94. The number of piperazine rings is 1. The van der Waals surface area contributed by atoms with Crippen LogP contribution in [0.4, 0.5) is 5.69 Å². The number of rotatable bonds is 6. The van der Waals surface area contributed by atoms with Crippen molar-refractivity contribution in [3.63, 3.8) is 0 Å². The molecule has 1 aromatic heterocycles. The SMILES string of the molecule is Cc1ncc(C(=O)Nc2cc(C#N)cc(CN3CCN(C(=O)CC4CC4)C(C)C3)c2C)cn1. The molecule has 4 rings (SSSR count). The van der Waals surface area contributed by atoms with Crippen molar-refractivity contribution >= 4 is 17.5 Å². The van der Waals surface area contributed by atoms with Gasteiger partial charge in [0, 0.05) is 56.7 Å². The van der Waals surface area contributed by atoms with Gasteiger partial charge in [-0.1, -0.05) is 0 Å². The fourth-order valence-electron chi connectivity index (χ4n) is 4.31. The molecule has 1 saturated carbocycles. The number of hydrogen-bond donors (Lipinski definition) is 1. The summed E-state index contributed by atoms with van der Waals surface area (Å²) in [5.41, 5.74) is 3.40. The highest BCUT2D eigenvalue weighted by Crippen LogP contribution is 2.33. The van der Waals surface area contributed by atoms with E-state index in [2.05, 4.69) is 33.2 Å². The Morgan fingerprint density at radius 3 is 2.55 bits per heavy atom. The van der Waals surface area contributed by atoms with Gasteiger partial charge in [-0.15, -0.1) is 0 Å². The molecule has 1 aliphatic heterocycles. The molecule has 2 amide bonds. The lowest BCUT2D eigenvalue weighted by atomic mass is 10.0. The van der Waals surface area contributed by atoms with Crippen molar-refractivity contribution in [2.45, 2.75) is 52.6 Å². The van der Waals surface area contributed by atoms with Gasteiger partial charge in [-0.05, 0) is 62.8 Å². The number of amides is 2. The van der Waals surface area contributed by atoms with E-state index >= 15 is 0 Å². The minimum Gasteiger partial charge on any atom is -0.337 e. The number of carbonyl (C=O) groups is 2. The van der Waals surface area contributed by atoms with Gasteiger partial charge in [0.25, 0.3) is 5.91 Å². The molecule has 2 aliphatic rings. The minimum atomic E-state index is -0.310. The normalized spacial score (nSPS) is 18.6. The summed E-state index contributed by atoms with van der Waals surface area (Å²) in [6.45, 7) is 8.78. The maximum Gasteiger partial charge on any atom is 0.258 e. The zero-order chi connectivity index (χ0) is 23.5. The molecule has 0 bridgehead atoms. The lowest BCUT2D eigenvalue weighted by molar-refractivity contribution is -0.136. The number of nitrogens with one attached hydrogen (secondary N) is 1. The minimum absolute atomic E-state index is 0.158. The molecule has 1 unspecified atom stereocenters. The van der Waals surface area contributed by atoms with Gasteiger partial charge in [0.05, 0.1) is 17.2 Å². The van der Waals surface area contributed by atoms with Gasteiger partial charge in [0.2, 0.25) is 5.91 Å². The number of aryl methyl sites for hydroxylation is 1. The number of benzene rings is 1. The van der Waals surface area contributed by atoms with Crippen LogP contribution in [0.5, 0.6) is 0 Å². The highest BCUT2D eigenvalue weighted by Gasteiger charge is 2.32. The van der Waals surface area contributed by atoms with E-state index in [1.807, 2.05) is 17.9 Å². The molecule has 0 radical (unpaired) electrons. The Morgan fingerprint density at radius 2 is 1.91 bits per heavy atom. The Kier molecular flexibility index (Phi) is 6.70. The first-order valence-corrected chi connectivity index (χ1v) is 11.5. The Balaban J connectivity index is 1.45. The van der Waals surface area contributed by atoms with Crippen molar-refractivity contribution in [3.8, 4) is 6.07 Å². The highest BCUT2D eigenvalue weighted by atomic mass is 16.2. The van der Waals surface area contributed by atoms with E-state index in [9.17, 15) is 14.9 Å². The summed E-state index contributed by atoms with van der Waals surface area (Å²) < 4.78 is 0. The standard InChI is InChI=1S/C25H30N6O2/c1-16-14-30(6-7-31(16)24(32)10-19-4-5-19)15-21-8-20(11-26)9-23(17(21)2)29-25(33)22-12-27-18(3)28-13-22/h8-9,12-13,16,19H,4-7,10,14-15H2,1-3H3,(H,29,33). The van der Waals surface area contributed by atoms with Gasteiger partial charge in [0.15, 0.2) is 0 Å². The highest BCUT2D eigenvalue weighted by molar-refractivity contribution is 6.04. The molecule has 8 nitrogen and oxygen atoms in total. The number of anilines is 1. The van der Waals surface area contributed by atoms with E-state index in [-0.39, 0.29) is 17.9 Å². The van der Waals surface area contributed by atoms with Crippen LogP contribution in [0.1, 0.15) is 59.1 Å². The van der Waals surface area contributed by atoms with E-state index in [4.69, 9.17) is 0 Å². The summed E-state index contributed by atoms with van der Waals surface area (Å²) in [4.78, 5) is 37.7. The Labute approximate surface area is 194 Å². The lowest BCUT2D eigenvalue weighted by Crippen LogP contribution is -2.53. The number of nitriles is 1. The van der Waals surface area contributed by atoms with Gasteiger partial charge in [-0.3, -0.25) is 14.5 Å². The third-order valence-corrected chi connectivity index (χ3v) is 6.52. The molecule has 1 N–H and O–H groups in total. The topological polar surface area (TPSA) is 102 Å². The smallest absolute Gasteiger partial charge is 0.258 e. The van der Waals surface area contributed by atoms with Crippen LogP contribution in [0.15, 0.2) is 24.5 Å². The maximum absolute atomic E-state index is 12.7. The van der Waals surface area contributed by atoms with Crippen LogP contribution in [-0.2, 0) is 11.3 Å². The van der Waals surface area contributed by atoms with Crippen LogP contribution in [0.25, 0.3) is 0 Å². The van der Waals surface area contributed by atoms with Gasteiger partial charge < -0.3 is 10.2 Å². The average molecular weight is 447 g/mol. The Hall–Kier alpha value is -3.31. The molecule has 2 fully saturated rings. The van der Waals surface area contributed by atoms with E-state index in [0.717, 1.165) is 30.8 Å². The summed E-state index contributed by atoms with van der Waals surface area (Å²) in [6.07, 6.45) is 6.04. The van der Waals surface area contributed by atoms with E-state index < -0.39 is 0 Å². The summed E-state index contributed by atoms with van der Waals surface area (Å²) in [5, 5.41) is 12.5. The molecule has 172 valence electrons. The third kappa shape index (κ3) is 5.55. The lowest BCUT2D eigenvalue weighted by Gasteiger charge is -2.40. The molecular formula is C25H30N6O2. The molecule has 2 heterocycles.